The van der Waals surface area contributed by atoms with Crippen LogP contribution in [0.3, 0.4) is 0 Å². The molecule has 0 fully saturated rings. The van der Waals surface area contributed by atoms with E-state index in [0.717, 1.165) is 11.1 Å². The molecule has 0 saturated heterocycles. The van der Waals surface area contributed by atoms with Crippen LogP contribution in [-0.4, -0.2) is 17.3 Å². The highest BCUT2D eigenvalue weighted by atomic mass is 35.5. The van der Waals surface area contributed by atoms with Gasteiger partial charge in [-0.25, -0.2) is 0 Å². The van der Waals surface area contributed by atoms with Gasteiger partial charge in [-0.05, 0) is 36.8 Å². The zero-order valence-electron chi connectivity index (χ0n) is 12.7. The second kappa shape index (κ2) is 6.71. The molecular weight excluding hydrogens is 316 g/mol. The lowest BCUT2D eigenvalue weighted by molar-refractivity contribution is 0.243. The van der Waals surface area contributed by atoms with E-state index in [0.29, 0.717) is 28.2 Å². The number of halogens is 1. The number of hydrogen-bond acceptors (Lipinski definition) is 5. The lowest BCUT2D eigenvalue weighted by Crippen LogP contribution is -1.97. The highest BCUT2D eigenvalue weighted by Crippen LogP contribution is 2.28. The summed E-state index contributed by atoms with van der Waals surface area (Å²) in [5.74, 6) is 2.09. The Bertz CT molecular complexity index is 817. The molecule has 23 heavy (non-hydrogen) atoms. The van der Waals surface area contributed by atoms with E-state index in [1.807, 2.05) is 43.3 Å². The molecule has 1 heterocycles. The highest BCUT2D eigenvalue weighted by Gasteiger charge is 2.13. The fourth-order valence-electron chi connectivity index (χ4n) is 2.11. The molecule has 0 radical (unpaired) electrons. The Labute approximate surface area is 138 Å². The molecule has 0 amide bonds. The number of ether oxygens (including phenoxy) is 2. The van der Waals surface area contributed by atoms with Crippen molar-refractivity contribution in [2.24, 2.45) is 0 Å². The van der Waals surface area contributed by atoms with Crippen LogP contribution in [0.25, 0.3) is 11.4 Å². The van der Waals surface area contributed by atoms with Crippen molar-refractivity contribution in [1.29, 1.82) is 0 Å². The van der Waals surface area contributed by atoms with Crippen molar-refractivity contribution in [3.8, 4) is 22.9 Å². The number of nitrogens with zero attached hydrogens (tertiary/aromatic N) is 2. The number of rotatable bonds is 5. The smallest absolute Gasteiger partial charge is 0.264 e. The van der Waals surface area contributed by atoms with Gasteiger partial charge in [0.25, 0.3) is 5.89 Å². The van der Waals surface area contributed by atoms with Crippen molar-refractivity contribution < 1.29 is 14.0 Å². The first-order valence-corrected chi connectivity index (χ1v) is 7.40. The third-order valence-electron chi connectivity index (χ3n) is 3.25. The molecule has 0 aliphatic carbocycles. The third-order valence-corrected chi connectivity index (χ3v) is 3.57. The highest BCUT2D eigenvalue weighted by molar-refractivity contribution is 6.32. The minimum absolute atomic E-state index is 0.144. The number of methoxy groups -OCH3 is 1. The van der Waals surface area contributed by atoms with Crippen molar-refractivity contribution in [3.63, 3.8) is 0 Å². The molecule has 0 unspecified atom stereocenters. The average Bonchev–Trinajstić information content (AvgIpc) is 3.04. The van der Waals surface area contributed by atoms with Gasteiger partial charge in [0.05, 0.1) is 17.7 Å². The van der Waals surface area contributed by atoms with Gasteiger partial charge in [-0.15, -0.1) is 0 Å². The molecule has 0 aliphatic heterocycles. The molecule has 0 spiro atoms. The fraction of sp³-hybridized carbons (Fsp3) is 0.176. The summed E-state index contributed by atoms with van der Waals surface area (Å²) in [4.78, 5) is 4.33. The standard InChI is InChI=1S/C17H15ClN2O3/c1-11-7-8-13(18)15(9-11)22-10-16-19-17(20-23-16)12-5-3-4-6-14(12)21-2/h3-9H,10H2,1-2H3. The molecular formula is C17H15ClN2O3. The van der Waals surface area contributed by atoms with E-state index in [2.05, 4.69) is 10.1 Å². The summed E-state index contributed by atoms with van der Waals surface area (Å²) in [6, 6.07) is 13.0. The second-order valence-corrected chi connectivity index (χ2v) is 5.34. The maximum absolute atomic E-state index is 6.09. The van der Waals surface area contributed by atoms with Crippen LogP contribution in [-0.2, 0) is 6.61 Å². The summed E-state index contributed by atoms with van der Waals surface area (Å²) >= 11 is 6.09. The fourth-order valence-corrected chi connectivity index (χ4v) is 2.29. The molecule has 5 nitrogen and oxygen atoms in total. The van der Waals surface area contributed by atoms with E-state index < -0.39 is 0 Å². The molecule has 0 saturated carbocycles. The first-order valence-electron chi connectivity index (χ1n) is 7.02. The molecule has 0 bridgehead atoms. The number of para-hydroxylation sites is 1. The first kappa shape index (κ1) is 15.4. The van der Waals surface area contributed by atoms with Gasteiger partial charge in [0.2, 0.25) is 5.82 Å². The van der Waals surface area contributed by atoms with Crippen molar-refractivity contribution in [3.05, 3.63) is 58.9 Å². The lowest BCUT2D eigenvalue weighted by Gasteiger charge is -2.06. The number of benzene rings is 2. The van der Waals surface area contributed by atoms with Gasteiger partial charge < -0.3 is 14.0 Å². The van der Waals surface area contributed by atoms with E-state index in [9.17, 15) is 0 Å². The molecule has 3 rings (SSSR count). The van der Waals surface area contributed by atoms with Gasteiger partial charge in [-0.1, -0.05) is 35.0 Å². The summed E-state index contributed by atoms with van der Waals surface area (Å²) in [5, 5.41) is 4.51. The van der Waals surface area contributed by atoms with Crippen LogP contribution in [0, 0.1) is 6.92 Å². The summed E-state index contributed by atoms with van der Waals surface area (Å²) in [6.45, 7) is 2.11. The van der Waals surface area contributed by atoms with E-state index >= 15 is 0 Å². The predicted molar refractivity (Wildman–Crippen MR) is 86.8 cm³/mol. The maximum Gasteiger partial charge on any atom is 0.264 e. The number of aromatic nitrogens is 2. The van der Waals surface area contributed by atoms with Gasteiger partial charge >= 0.3 is 0 Å². The zero-order chi connectivity index (χ0) is 16.2. The Balaban J connectivity index is 1.76. The van der Waals surface area contributed by atoms with Crippen LogP contribution >= 0.6 is 11.6 Å². The van der Waals surface area contributed by atoms with Gasteiger partial charge in [0.15, 0.2) is 6.61 Å². The Morgan fingerprint density at radius 3 is 2.78 bits per heavy atom. The first-order chi connectivity index (χ1) is 11.2. The topological polar surface area (TPSA) is 57.4 Å². The molecule has 118 valence electrons. The predicted octanol–water partition coefficient (Wildman–Crippen LogP) is 4.29. The van der Waals surface area contributed by atoms with Crippen molar-refractivity contribution in [2.45, 2.75) is 13.5 Å². The summed E-state index contributed by atoms with van der Waals surface area (Å²) in [6.07, 6.45) is 0. The van der Waals surface area contributed by atoms with Gasteiger partial charge in [0.1, 0.15) is 11.5 Å². The molecule has 3 aromatic rings. The Morgan fingerprint density at radius 1 is 1.13 bits per heavy atom. The molecule has 0 N–H and O–H groups in total. The summed E-state index contributed by atoms with van der Waals surface area (Å²) in [7, 11) is 1.60. The summed E-state index contributed by atoms with van der Waals surface area (Å²) < 4.78 is 16.2. The van der Waals surface area contributed by atoms with Gasteiger partial charge in [0, 0.05) is 0 Å². The Morgan fingerprint density at radius 2 is 1.96 bits per heavy atom. The average molecular weight is 331 g/mol. The molecule has 0 aliphatic rings. The van der Waals surface area contributed by atoms with E-state index in [1.165, 1.54) is 0 Å². The van der Waals surface area contributed by atoms with Crippen molar-refractivity contribution in [1.82, 2.24) is 10.1 Å². The van der Waals surface area contributed by atoms with E-state index in [4.69, 9.17) is 25.6 Å². The molecule has 1 aromatic heterocycles. The zero-order valence-corrected chi connectivity index (χ0v) is 13.5. The number of hydrogen-bond donors (Lipinski definition) is 0. The second-order valence-electron chi connectivity index (χ2n) is 4.93. The van der Waals surface area contributed by atoms with Crippen LogP contribution in [0.5, 0.6) is 11.5 Å². The normalized spacial score (nSPS) is 10.6. The molecule has 0 atom stereocenters. The molecule has 2 aromatic carbocycles. The van der Waals surface area contributed by atoms with Gasteiger partial charge in [-0.2, -0.15) is 4.98 Å². The van der Waals surface area contributed by atoms with Crippen LogP contribution in [0.15, 0.2) is 47.0 Å². The van der Waals surface area contributed by atoms with E-state index in [-0.39, 0.29) is 6.61 Å². The van der Waals surface area contributed by atoms with Gasteiger partial charge in [-0.3, -0.25) is 0 Å². The van der Waals surface area contributed by atoms with Crippen molar-refractivity contribution >= 4 is 11.6 Å². The minimum Gasteiger partial charge on any atom is -0.496 e. The Hall–Kier alpha value is -2.53. The van der Waals surface area contributed by atoms with Crippen LogP contribution in [0.1, 0.15) is 11.5 Å². The third kappa shape index (κ3) is 3.46. The summed E-state index contributed by atoms with van der Waals surface area (Å²) in [5.41, 5.74) is 1.82. The number of aryl methyl sites for hydroxylation is 1. The van der Waals surface area contributed by atoms with Crippen molar-refractivity contribution in [2.75, 3.05) is 7.11 Å². The Kier molecular flexibility index (Phi) is 4.48. The van der Waals surface area contributed by atoms with Crippen LogP contribution in [0.2, 0.25) is 5.02 Å². The molecule has 6 heteroatoms. The van der Waals surface area contributed by atoms with E-state index in [1.54, 1.807) is 13.2 Å². The van der Waals surface area contributed by atoms with Crippen LogP contribution < -0.4 is 9.47 Å². The quantitative estimate of drug-likeness (QED) is 0.698. The largest absolute Gasteiger partial charge is 0.496 e. The lowest BCUT2D eigenvalue weighted by atomic mass is 10.2. The SMILES string of the molecule is COc1ccccc1-c1noc(COc2cc(C)ccc2Cl)n1. The maximum atomic E-state index is 6.09. The monoisotopic (exact) mass is 330 g/mol. The van der Waals surface area contributed by atoms with Crippen LogP contribution in [0.4, 0.5) is 0 Å². The minimum atomic E-state index is 0.144.